The maximum Gasteiger partial charge on any atom is 0.261 e. The molecule has 3 rings (SSSR count). The first-order valence-corrected chi connectivity index (χ1v) is 9.94. The molecule has 0 aliphatic carbocycles. The zero-order valence-corrected chi connectivity index (χ0v) is 15.7. The third-order valence-corrected chi connectivity index (χ3v) is 5.39. The summed E-state index contributed by atoms with van der Waals surface area (Å²) in [6, 6.07) is 22.4. The Hall–Kier alpha value is -3.12. The van der Waals surface area contributed by atoms with E-state index in [4.69, 9.17) is 0 Å². The molecule has 0 aliphatic rings. The van der Waals surface area contributed by atoms with E-state index in [1.807, 2.05) is 31.2 Å². The summed E-state index contributed by atoms with van der Waals surface area (Å²) in [6.45, 7) is 2.43. The van der Waals surface area contributed by atoms with E-state index in [0.29, 0.717) is 17.8 Å². The molecule has 3 aromatic carbocycles. The second-order valence-corrected chi connectivity index (χ2v) is 7.85. The molecule has 1 amide bonds. The van der Waals surface area contributed by atoms with E-state index in [2.05, 4.69) is 10.0 Å². The van der Waals surface area contributed by atoms with Gasteiger partial charge in [0.1, 0.15) is 0 Å². The molecule has 0 spiro atoms. The number of hydrogen-bond acceptors (Lipinski definition) is 3. The van der Waals surface area contributed by atoms with Gasteiger partial charge in [-0.25, -0.2) is 8.42 Å². The summed E-state index contributed by atoms with van der Waals surface area (Å²) < 4.78 is 27.1. The Morgan fingerprint density at radius 3 is 2.26 bits per heavy atom. The molecule has 27 heavy (non-hydrogen) atoms. The van der Waals surface area contributed by atoms with E-state index in [1.165, 1.54) is 12.1 Å². The van der Waals surface area contributed by atoms with Gasteiger partial charge in [0.05, 0.1) is 4.90 Å². The summed E-state index contributed by atoms with van der Waals surface area (Å²) in [7, 11) is -3.65. The van der Waals surface area contributed by atoms with E-state index in [1.54, 1.807) is 42.5 Å². The number of sulfonamides is 1. The van der Waals surface area contributed by atoms with Gasteiger partial charge in [-0.05, 0) is 48.9 Å². The molecule has 0 saturated heterocycles. The SMILES string of the molecule is Cc1cccc(CNC(=O)c2ccc(NS(=O)(=O)c3ccccc3)cc2)c1. The Morgan fingerprint density at radius 2 is 1.59 bits per heavy atom. The van der Waals surface area contributed by atoms with Crippen molar-refractivity contribution in [3.05, 3.63) is 95.6 Å². The molecule has 2 N–H and O–H groups in total. The minimum atomic E-state index is -3.65. The summed E-state index contributed by atoms with van der Waals surface area (Å²) in [5, 5.41) is 2.86. The van der Waals surface area contributed by atoms with Crippen LogP contribution >= 0.6 is 0 Å². The van der Waals surface area contributed by atoms with Gasteiger partial charge in [0, 0.05) is 17.8 Å². The van der Waals surface area contributed by atoms with Crippen molar-refractivity contribution in [3.63, 3.8) is 0 Å². The third-order valence-electron chi connectivity index (χ3n) is 3.99. The summed E-state index contributed by atoms with van der Waals surface area (Å²) in [6.07, 6.45) is 0. The smallest absolute Gasteiger partial charge is 0.261 e. The van der Waals surface area contributed by atoms with Gasteiger partial charge in [0.25, 0.3) is 15.9 Å². The fourth-order valence-electron chi connectivity index (χ4n) is 2.61. The van der Waals surface area contributed by atoms with Gasteiger partial charge in [-0.3, -0.25) is 9.52 Å². The van der Waals surface area contributed by atoms with Crippen molar-refractivity contribution in [2.75, 3.05) is 4.72 Å². The lowest BCUT2D eigenvalue weighted by molar-refractivity contribution is 0.0951. The van der Waals surface area contributed by atoms with Gasteiger partial charge < -0.3 is 5.32 Å². The van der Waals surface area contributed by atoms with Crippen LogP contribution in [0.1, 0.15) is 21.5 Å². The summed E-state index contributed by atoms with van der Waals surface area (Å²) in [4.78, 5) is 12.5. The van der Waals surface area contributed by atoms with Gasteiger partial charge in [-0.15, -0.1) is 0 Å². The maximum absolute atomic E-state index is 12.3. The second kappa shape index (κ2) is 8.05. The molecule has 0 unspecified atom stereocenters. The number of rotatable bonds is 6. The van der Waals surface area contributed by atoms with Crippen molar-refractivity contribution in [2.24, 2.45) is 0 Å². The lowest BCUT2D eigenvalue weighted by atomic mass is 10.1. The highest BCUT2D eigenvalue weighted by Gasteiger charge is 2.13. The summed E-state index contributed by atoms with van der Waals surface area (Å²) in [5.41, 5.74) is 3.02. The van der Waals surface area contributed by atoms with Crippen LogP contribution in [0.15, 0.2) is 83.8 Å². The summed E-state index contributed by atoms with van der Waals surface area (Å²) >= 11 is 0. The average molecular weight is 380 g/mol. The molecule has 138 valence electrons. The number of hydrogen-bond donors (Lipinski definition) is 2. The fraction of sp³-hybridized carbons (Fsp3) is 0.0952. The Bertz CT molecular complexity index is 1030. The van der Waals surface area contributed by atoms with Crippen molar-refractivity contribution in [1.29, 1.82) is 0 Å². The van der Waals surface area contributed by atoms with Crippen molar-refractivity contribution < 1.29 is 13.2 Å². The first-order valence-electron chi connectivity index (χ1n) is 8.46. The Morgan fingerprint density at radius 1 is 0.889 bits per heavy atom. The molecule has 5 nitrogen and oxygen atoms in total. The first-order chi connectivity index (χ1) is 12.9. The fourth-order valence-corrected chi connectivity index (χ4v) is 3.69. The third kappa shape index (κ3) is 4.95. The van der Waals surface area contributed by atoms with E-state index in [0.717, 1.165) is 11.1 Å². The number of nitrogens with one attached hydrogen (secondary N) is 2. The van der Waals surface area contributed by atoms with Gasteiger partial charge in [0.2, 0.25) is 0 Å². The van der Waals surface area contributed by atoms with Crippen LogP contribution in [-0.2, 0) is 16.6 Å². The molecule has 6 heteroatoms. The normalized spacial score (nSPS) is 11.0. The number of anilines is 1. The minimum absolute atomic E-state index is 0.185. The summed E-state index contributed by atoms with van der Waals surface area (Å²) in [5.74, 6) is -0.214. The number of aryl methyl sites for hydroxylation is 1. The highest BCUT2D eigenvalue weighted by Crippen LogP contribution is 2.16. The van der Waals surface area contributed by atoms with Crippen molar-refractivity contribution in [3.8, 4) is 0 Å². The number of amides is 1. The topological polar surface area (TPSA) is 75.3 Å². The molecule has 0 saturated carbocycles. The molecule has 0 aliphatic heterocycles. The van der Waals surface area contributed by atoms with Crippen LogP contribution in [0.5, 0.6) is 0 Å². The predicted molar refractivity (Wildman–Crippen MR) is 106 cm³/mol. The van der Waals surface area contributed by atoms with Gasteiger partial charge in [0.15, 0.2) is 0 Å². The van der Waals surface area contributed by atoms with Crippen LogP contribution < -0.4 is 10.0 Å². The van der Waals surface area contributed by atoms with E-state index in [9.17, 15) is 13.2 Å². The standard InChI is InChI=1S/C21H20N2O3S/c1-16-6-5-7-17(14-16)15-22-21(24)18-10-12-19(13-11-18)23-27(25,26)20-8-3-2-4-9-20/h2-14,23H,15H2,1H3,(H,22,24). The molecule has 0 aromatic heterocycles. The van der Waals surface area contributed by atoms with Crippen molar-refractivity contribution in [1.82, 2.24) is 5.32 Å². The van der Waals surface area contributed by atoms with Crippen LogP contribution in [0.3, 0.4) is 0 Å². The van der Waals surface area contributed by atoms with Gasteiger partial charge >= 0.3 is 0 Å². The lowest BCUT2D eigenvalue weighted by Crippen LogP contribution is -2.22. The van der Waals surface area contributed by atoms with E-state index in [-0.39, 0.29) is 10.8 Å². The maximum atomic E-state index is 12.3. The number of benzene rings is 3. The predicted octanol–water partition coefficient (Wildman–Crippen LogP) is 3.73. The Labute approximate surface area is 159 Å². The average Bonchev–Trinajstić information content (AvgIpc) is 2.67. The Balaban J connectivity index is 1.63. The molecule has 0 fully saturated rings. The quantitative estimate of drug-likeness (QED) is 0.684. The largest absolute Gasteiger partial charge is 0.348 e. The molecule has 0 radical (unpaired) electrons. The van der Waals surface area contributed by atoms with Crippen LogP contribution in [0.25, 0.3) is 0 Å². The van der Waals surface area contributed by atoms with Crippen LogP contribution in [0.4, 0.5) is 5.69 Å². The lowest BCUT2D eigenvalue weighted by Gasteiger charge is -2.09. The zero-order valence-electron chi connectivity index (χ0n) is 14.8. The van der Waals surface area contributed by atoms with Crippen LogP contribution in [0.2, 0.25) is 0 Å². The van der Waals surface area contributed by atoms with Gasteiger partial charge in [-0.2, -0.15) is 0 Å². The zero-order chi connectivity index (χ0) is 19.3. The number of carbonyl (C=O) groups excluding carboxylic acids is 1. The van der Waals surface area contributed by atoms with Crippen molar-refractivity contribution in [2.45, 2.75) is 18.4 Å². The van der Waals surface area contributed by atoms with E-state index < -0.39 is 10.0 Å². The van der Waals surface area contributed by atoms with Gasteiger partial charge in [-0.1, -0.05) is 48.0 Å². The van der Waals surface area contributed by atoms with Crippen LogP contribution in [0, 0.1) is 6.92 Å². The monoisotopic (exact) mass is 380 g/mol. The van der Waals surface area contributed by atoms with Crippen LogP contribution in [-0.4, -0.2) is 14.3 Å². The molecule has 0 heterocycles. The van der Waals surface area contributed by atoms with Crippen molar-refractivity contribution >= 4 is 21.6 Å². The minimum Gasteiger partial charge on any atom is -0.348 e. The number of carbonyl (C=O) groups is 1. The molecule has 0 bridgehead atoms. The molecular formula is C21H20N2O3S. The first kappa shape index (κ1) is 18.7. The van der Waals surface area contributed by atoms with E-state index >= 15 is 0 Å². The highest BCUT2D eigenvalue weighted by molar-refractivity contribution is 7.92. The molecule has 3 aromatic rings. The molecular weight excluding hydrogens is 360 g/mol. The second-order valence-electron chi connectivity index (χ2n) is 6.17. The Kier molecular flexibility index (Phi) is 5.57. The highest BCUT2D eigenvalue weighted by atomic mass is 32.2. The molecule has 0 atom stereocenters.